The molecule has 1 aliphatic heterocycles. The maximum absolute atomic E-state index is 13.4. The summed E-state index contributed by atoms with van der Waals surface area (Å²) in [6, 6.07) is -0.456. The number of alkyl halides is 1. The molecule has 0 spiro atoms. The molecule has 1 rings (SSSR count). The maximum atomic E-state index is 13.4. The molecule has 0 aromatic heterocycles. The first-order valence-corrected chi connectivity index (χ1v) is 7.27. The van der Waals surface area contributed by atoms with Crippen molar-refractivity contribution < 1.29 is 18.7 Å². The smallest absolute Gasteiger partial charge is 0.413 e. The third kappa shape index (κ3) is 4.45. The predicted octanol–water partition coefficient (Wildman–Crippen LogP) is 3.61. The fourth-order valence-corrected chi connectivity index (χ4v) is 2.06. The van der Waals surface area contributed by atoms with E-state index in [1.54, 1.807) is 34.6 Å². The Kier molecular flexibility index (Phi) is 5.01. The van der Waals surface area contributed by atoms with Gasteiger partial charge in [0.05, 0.1) is 18.0 Å². The molecule has 0 aromatic rings. The van der Waals surface area contributed by atoms with Gasteiger partial charge in [0.15, 0.2) is 0 Å². The van der Waals surface area contributed by atoms with E-state index in [1.165, 1.54) is 11.0 Å². The lowest BCUT2D eigenvalue weighted by molar-refractivity contribution is -0.0610. The predicted molar refractivity (Wildman–Crippen MR) is 74.9 cm³/mol. The number of hydrogen-bond donors (Lipinski definition) is 0. The van der Waals surface area contributed by atoms with Crippen LogP contribution < -0.4 is 0 Å². The molecule has 19 heavy (non-hydrogen) atoms. The molecule has 0 aliphatic carbocycles. The SMILES string of the molecule is CC(C)(C)OC(=O)N1[C@H](C=C(F)CBr)COC1(C)C. The van der Waals surface area contributed by atoms with Crippen LogP contribution in [-0.4, -0.2) is 40.3 Å². The van der Waals surface area contributed by atoms with Gasteiger partial charge < -0.3 is 9.47 Å². The average molecular weight is 338 g/mol. The number of hydrogen-bond acceptors (Lipinski definition) is 3. The topological polar surface area (TPSA) is 38.8 Å². The van der Waals surface area contributed by atoms with E-state index in [4.69, 9.17) is 9.47 Å². The average Bonchev–Trinajstić information content (AvgIpc) is 2.51. The molecule has 1 amide bonds. The molecule has 0 saturated carbocycles. The first-order valence-electron chi connectivity index (χ1n) is 6.15. The van der Waals surface area contributed by atoms with E-state index in [0.29, 0.717) is 0 Å². The summed E-state index contributed by atoms with van der Waals surface area (Å²) in [5.74, 6) is -0.333. The molecule has 110 valence electrons. The van der Waals surface area contributed by atoms with Crippen molar-refractivity contribution in [3.63, 3.8) is 0 Å². The van der Waals surface area contributed by atoms with E-state index >= 15 is 0 Å². The highest BCUT2D eigenvalue weighted by Gasteiger charge is 2.45. The Balaban J connectivity index is 2.93. The maximum Gasteiger partial charge on any atom is 0.413 e. The zero-order chi connectivity index (χ0) is 14.8. The van der Waals surface area contributed by atoms with Crippen LogP contribution in [0.1, 0.15) is 34.6 Å². The number of halogens is 2. The van der Waals surface area contributed by atoms with E-state index in [2.05, 4.69) is 15.9 Å². The highest BCUT2D eigenvalue weighted by Crippen LogP contribution is 2.30. The van der Waals surface area contributed by atoms with E-state index in [9.17, 15) is 9.18 Å². The van der Waals surface area contributed by atoms with Crippen molar-refractivity contribution in [1.82, 2.24) is 4.90 Å². The lowest BCUT2D eigenvalue weighted by Gasteiger charge is -2.34. The van der Waals surface area contributed by atoms with Crippen molar-refractivity contribution in [2.75, 3.05) is 11.9 Å². The second-order valence-electron chi connectivity index (χ2n) is 5.92. The minimum Gasteiger partial charge on any atom is -0.444 e. The summed E-state index contributed by atoms with van der Waals surface area (Å²) >= 11 is 3.04. The van der Waals surface area contributed by atoms with Crippen LogP contribution in [0.4, 0.5) is 9.18 Å². The fraction of sp³-hybridized carbons (Fsp3) is 0.769. The van der Waals surface area contributed by atoms with Gasteiger partial charge in [-0.3, -0.25) is 4.90 Å². The lowest BCUT2D eigenvalue weighted by Crippen LogP contribution is -2.49. The molecule has 1 saturated heterocycles. The zero-order valence-electron chi connectivity index (χ0n) is 12.0. The Morgan fingerprint density at radius 1 is 1.58 bits per heavy atom. The van der Waals surface area contributed by atoms with Gasteiger partial charge in [0.1, 0.15) is 17.2 Å². The molecule has 0 N–H and O–H groups in total. The number of allylic oxidation sites excluding steroid dienone is 1. The Morgan fingerprint density at radius 2 is 2.16 bits per heavy atom. The van der Waals surface area contributed by atoms with Crippen LogP contribution in [0.25, 0.3) is 0 Å². The third-order valence-electron chi connectivity index (χ3n) is 2.61. The molecule has 0 bridgehead atoms. The van der Waals surface area contributed by atoms with Gasteiger partial charge in [0, 0.05) is 0 Å². The minimum atomic E-state index is -0.809. The number of rotatable bonds is 2. The van der Waals surface area contributed by atoms with Gasteiger partial charge >= 0.3 is 6.09 Å². The molecule has 1 heterocycles. The number of ether oxygens (including phenoxy) is 2. The Morgan fingerprint density at radius 3 is 2.63 bits per heavy atom. The molecule has 1 aliphatic rings. The van der Waals surface area contributed by atoms with Gasteiger partial charge in [-0.15, -0.1) is 0 Å². The summed E-state index contributed by atoms with van der Waals surface area (Å²) < 4.78 is 24.3. The first-order chi connectivity index (χ1) is 8.57. The molecule has 4 nitrogen and oxygen atoms in total. The van der Waals surface area contributed by atoms with Gasteiger partial charge in [-0.25, -0.2) is 9.18 Å². The van der Waals surface area contributed by atoms with Gasteiger partial charge in [-0.1, -0.05) is 15.9 Å². The third-order valence-corrected chi connectivity index (χ3v) is 3.15. The minimum absolute atomic E-state index is 0.117. The van der Waals surface area contributed by atoms with Gasteiger partial charge in [0.2, 0.25) is 0 Å². The number of nitrogens with zero attached hydrogens (tertiary/aromatic N) is 1. The van der Waals surface area contributed by atoms with Crippen molar-refractivity contribution in [1.29, 1.82) is 0 Å². The molecular weight excluding hydrogens is 317 g/mol. The number of carbonyl (C=O) groups excluding carboxylic acids is 1. The molecule has 1 fully saturated rings. The highest BCUT2D eigenvalue weighted by atomic mass is 79.9. The molecule has 1 atom stereocenters. The highest BCUT2D eigenvalue weighted by molar-refractivity contribution is 9.09. The summed E-state index contributed by atoms with van der Waals surface area (Å²) in [5, 5.41) is 0.117. The van der Waals surface area contributed by atoms with E-state index in [1.807, 2.05) is 0 Å². The van der Waals surface area contributed by atoms with Crippen molar-refractivity contribution in [2.24, 2.45) is 0 Å². The summed E-state index contributed by atoms with van der Waals surface area (Å²) in [7, 11) is 0. The second kappa shape index (κ2) is 5.79. The van der Waals surface area contributed by atoms with Crippen molar-refractivity contribution in [3.05, 3.63) is 11.9 Å². The molecule has 0 aromatic carbocycles. The van der Waals surface area contributed by atoms with Crippen molar-refractivity contribution in [3.8, 4) is 0 Å². The molecule has 0 unspecified atom stereocenters. The summed E-state index contributed by atoms with van der Waals surface area (Å²) in [6.07, 6.45) is 0.881. The fourth-order valence-electron chi connectivity index (χ4n) is 1.88. The lowest BCUT2D eigenvalue weighted by atomic mass is 10.2. The van der Waals surface area contributed by atoms with Crippen LogP contribution >= 0.6 is 15.9 Å². The summed E-state index contributed by atoms with van der Waals surface area (Å²) in [4.78, 5) is 13.6. The van der Waals surface area contributed by atoms with Crippen LogP contribution in [0, 0.1) is 0 Å². The number of carbonyl (C=O) groups is 1. The van der Waals surface area contributed by atoms with Crippen LogP contribution in [-0.2, 0) is 9.47 Å². The normalized spacial score (nSPS) is 23.6. The zero-order valence-corrected chi connectivity index (χ0v) is 13.6. The molecular formula is C13H21BrFNO3. The van der Waals surface area contributed by atoms with E-state index < -0.39 is 23.5 Å². The largest absolute Gasteiger partial charge is 0.444 e. The van der Waals surface area contributed by atoms with Crippen LogP contribution in [0.5, 0.6) is 0 Å². The van der Waals surface area contributed by atoms with E-state index in [-0.39, 0.29) is 17.8 Å². The molecule has 6 heteroatoms. The first kappa shape index (κ1) is 16.4. The summed E-state index contributed by atoms with van der Waals surface area (Å²) in [6.45, 7) is 9.15. The van der Waals surface area contributed by atoms with Gasteiger partial charge in [0.25, 0.3) is 0 Å². The van der Waals surface area contributed by atoms with Crippen LogP contribution in [0.2, 0.25) is 0 Å². The quantitative estimate of drug-likeness (QED) is 0.722. The van der Waals surface area contributed by atoms with E-state index in [0.717, 1.165) is 0 Å². The van der Waals surface area contributed by atoms with Crippen LogP contribution in [0.15, 0.2) is 11.9 Å². The number of amides is 1. The monoisotopic (exact) mass is 337 g/mol. The van der Waals surface area contributed by atoms with Crippen molar-refractivity contribution in [2.45, 2.75) is 52.0 Å². The summed E-state index contributed by atoms with van der Waals surface area (Å²) in [5.41, 5.74) is -1.41. The standard InChI is InChI=1S/C13H21BrFNO3/c1-12(2,3)19-11(17)16-10(6-9(15)7-14)8-18-13(16,4)5/h6,10H,7-8H2,1-5H3/t10-/m1/s1. The Labute approximate surface area is 122 Å². The molecule has 0 radical (unpaired) electrons. The Hall–Kier alpha value is -0.620. The Bertz CT molecular complexity index is 377. The van der Waals surface area contributed by atoms with Gasteiger partial charge in [-0.05, 0) is 40.7 Å². The second-order valence-corrected chi connectivity index (χ2v) is 6.48. The van der Waals surface area contributed by atoms with Crippen LogP contribution in [0.3, 0.4) is 0 Å². The van der Waals surface area contributed by atoms with Crippen molar-refractivity contribution >= 4 is 22.0 Å². The van der Waals surface area contributed by atoms with Gasteiger partial charge in [-0.2, -0.15) is 0 Å².